The molecule has 1 saturated carbocycles. The minimum atomic E-state index is 0.0372. The number of rotatable bonds is 4. The Morgan fingerprint density at radius 1 is 1.17 bits per heavy atom. The minimum Gasteiger partial charge on any atom is -0.375 e. The molecule has 0 bridgehead atoms. The number of ketones is 1. The number of benzene rings is 1. The summed E-state index contributed by atoms with van der Waals surface area (Å²) in [5.41, 5.74) is 2.20. The zero-order chi connectivity index (χ0) is 16.2. The highest BCUT2D eigenvalue weighted by atomic mass is 16.5. The highest BCUT2D eigenvalue weighted by Crippen LogP contribution is 2.29. The molecule has 0 N–H and O–H groups in total. The predicted octanol–water partition coefficient (Wildman–Crippen LogP) is 3.69. The van der Waals surface area contributed by atoms with E-state index in [1.54, 1.807) is 19.1 Å². The van der Waals surface area contributed by atoms with Crippen LogP contribution in [0.2, 0.25) is 0 Å². The lowest BCUT2D eigenvalue weighted by Crippen LogP contribution is -2.38. The van der Waals surface area contributed by atoms with Crippen LogP contribution < -0.4 is 4.90 Å². The molecule has 0 spiro atoms. The van der Waals surface area contributed by atoms with Gasteiger partial charge in [-0.25, -0.2) is 0 Å². The van der Waals surface area contributed by atoms with Crippen molar-refractivity contribution in [2.24, 2.45) is 0 Å². The summed E-state index contributed by atoms with van der Waals surface area (Å²) >= 11 is 0. The molecule has 0 radical (unpaired) electrons. The molecule has 3 rings (SSSR count). The lowest BCUT2D eigenvalue weighted by Gasteiger charge is -2.35. The van der Waals surface area contributed by atoms with Crippen LogP contribution in [0.4, 0.5) is 5.69 Å². The van der Waals surface area contributed by atoms with E-state index in [2.05, 4.69) is 11.0 Å². The van der Waals surface area contributed by atoms with Gasteiger partial charge in [-0.2, -0.15) is 5.26 Å². The SMILES string of the molecule is CC(=O)c1ccc(C#N)c(N2CCC(OC3CCCC3)CC2)c1. The van der Waals surface area contributed by atoms with Gasteiger partial charge in [-0.05, 0) is 50.8 Å². The van der Waals surface area contributed by atoms with Crippen molar-refractivity contribution in [3.05, 3.63) is 29.3 Å². The molecule has 0 amide bonds. The van der Waals surface area contributed by atoms with Crippen LogP contribution in [0.1, 0.15) is 61.4 Å². The number of piperidine rings is 1. The molecule has 23 heavy (non-hydrogen) atoms. The highest BCUT2D eigenvalue weighted by molar-refractivity contribution is 5.95. The van der Waals surface area contributed by atoms with Crippen molar-refractivity contribution in [2.75, 3.05) is 18.0 Å². The molecule has 1 saturated heterocycles. The second kappa shape index (κ2) is 7.14. The first-order chi connectivity index (χ1) is 11.2. The molecule has 2 aliphatic rings. The quantitative estimate of drug-likeness (QED) is 0.796. The Hall–Kier alpha value is -1.86. The fraction of sp³-hybridized carbons (Fsp3) is 0.579. The predicted molar refractivity (Wildman–Crippen MR) is 89.7 cm³/mol. The van der Waals surface area contributed by atoms with E-state index in [9.17, 15) is 10.1 Å². The second-order valence-corrected chi connectivity index (χ2v) is 6.63. The Kier molecular flexibility index (Phi) is 4.97. The maximum Gasteiger partial charge on any atom is 0.159 e. The molecule has 2 fully saturated rings. The van der Waals surface area contributed by atoms with Gasteiger partial charge in [0, 0.05) is 18.7 Å². The van der Waals surface area contributed by atoms with Crippen LogP contribution in [0.5, 0.6) is 0 Å². The van der Waals surface area contributed by atoms with Gasteiger partial charge in [-0.15, -0.1) is 0 Å². The third-order valence-corrected chi connectivity index (χ3v) is 4.99. The van der Waals surface area contributed by atoms with Gasteiger partial charge in [0.05, 0.1) is 23.5 Å². The first-order valence-corrected chi connectivity index (χ1v) is 8.63. The van der Waals surface area contributed by atoms with Gasteiger partial charge >= 0.3 is 0 Å². The molecular formula is C19H24N2O2. The first kappa shape index (κ1) is 16.0. The van der Waals surface area contributed by atoms with Crippen LogP contribution in [0.15, 0.2) is 18.2 Å². The summed E-state index contributed by atoms with van der Waals surface area (Å²) in [6, 6.07) is 7.60. The lowest BCUT2D eigenvalue weighted by molar-refractivity contribution is -0.0194. The van der Waals surface area contributed by atoms with E-state index in [0.29, 0.717) is 23.3 Å². The number of hydrogen-bond donors (Lipinski definition) is 0. The maximum absolute atomic E-state index is 11.6. The molecule has 1 heterocycles. The van der Waals surface area contributed by atoms with E-state index in [4.69, 9.17) is 4.74 Å². The van der Waals surface area contributed by atoms with Gasteiger partial charge in [-0.3, -0.25) is 4.79 Å². The Morgan fingerprint density at radius 2 is 1.83 bits per heavy atom. The van der Waals surface area contributed by atoms with E-state index in [0.717, 1.165) is 31.6 Å². The molecular weight excluding hydrogens is 288 g/mol. The normalized spacial score (nSPS) is 19.7. The summed E-state index contributed by atoms with van der Waals surface area (Å²) in [4.78, 5) is 13.8. The van der Waals surface area contributed by atoms with E-state index in [-0.39, 0.29) is 5.78 Å². The van der Waals surface area contributed by atoms with Crippen LogP contribution in [0.25, 0.3) is 0 Å². The average molecular weight is 312 g/mol. The topological polar surface area (TPSA) is 53.3 Å². The van der Waals surface area contributed by atoms with Gasteiger partial charge in [0.1, 0.15) is 6.07 Å². The highest BCUT2D eigenvalue weighted by Gasteiger charge is 2.25. The van der Waals surface area contributed by atoms with Crippen LogP contribution in [0.3, 0.4) is 0 Å². The fourth-order valence-corrected chi connectivity index (χ4v) is 3.64. The van der Waals surface area contributed by atoms with E-state index >= 15 is 0 Å². The fourth-order valence-electron chi connectivity index (χ4n) is 3.64. The number of Topliss-reactive ketones (excluding diaryl/α,β-unsaturated/α-hetero) is 1. The van der Waals surface area contributed by atoms with Crippen molar-refractivity contribution in [1.82, 2.24) is 0 Å². The number of anilines is 1. The van der Waals surface area contributed by atoms with Crippen LogP contribution in [-0.2, 0) is 4.74 Å². The standard InChI is InChI=1S/C19H24N2O2/c1-14(22)15-6-7-16(13-20)19(12-15)21-10-8-18(9-11-21)23-17-4-2-3-5-17/h6-7,12,17-18H,2-5,8-11H2,1H3. The van der Waals surface area contributed by atoms with E-state index in [1.807, 2.05) is 6.07 Å². The monoisotopic (exact) mass is 312 g/mol. The lowest BCUT2D eigenvalue weighted by atomic mass is 10.0. The van der Waals surface area contributed by atoms with E-state index in [1.165, 1.54) is 25.7 Å². The van der Waals surface area contributed by atoms with Crippen molar-refractivity contribution in [1.29, 1.82) is 5.26 Å². The summed E-state index contributed by atoms with van der Waals surface area (Å²) in [7, 11) is 0. The van der Waals surface area contributed by atoms with Crippen molar-refractivity contribution in [2.45, 2.75) is 57.7 Å². The van der Waals surface area contributed by atoms with Gasteiger partial charge in [-0.1, -0.05) is 12.8 Å². The summed E-state index contributed by atoms with van der Waals surface area (Å²) in [5, 5.41) is 9.33. The Bertz CT molecular complexity index is 606. The average Bonchev–Trinajstić information content (AvgIpc) is 3.08. The van der Waals surface area contributed by atoms with Crippen molar-refractivity contribution in [3.8, 4) is 6.07 Å². The van der Waals surface area contributed by atoms with Gasteiger partial charge in [0.25, 0.3) is 0 Å². The summed E-state index contributed by atoms with van der Waals surface area (Å²) in [6.45, 7) is 3.33. The second-order valence-electron chi connectivity index (χ2n) is 6.63. The number of carbonyl (C=O) groups excluding carboxylic acids is 1. The third-order valence-electron chi connectivity index (χ3n) is 4.99. The third kappa shape index (κ3) is 3.73. The van der Waals surface area contributed by atoms with E-state index < -0.39 is 0 Å². The molecule has 1 aliphatic carbocycles. The van der Waals surface area contributed by atoms with Crippen molar-refractivity contribution < 1.29 is 9.53 Å². The smallest absolute Gasteiger partial charge is 0.159 e. The number of ether oxygens (including phenoxy) is 1. The van der Waals surface area contributed by atoms with Crippen molar-refractivity contribution in [3.63, 3.8) is 0 Å². The van der Waals surface area contributed by atoms with Gasteiger partial charge in [0.2, 0.25) is 0 Å². The van der Waals surface area contributed by atoms with Crippen LogP contribution >= 0.6 is 0 Å². The summed E-state index contributed by atoms with van der Waals surface area (Å²) in [5.74, 6) is 0.0372. The van der Waals surface area contributed by atoms with Crippen LogP contribution in [-0.4, -0.2) is 31.1 Å². The molecule has 122 valence electrons. The number of nitriles is 1. The first-order valence-electron chi connectivity index (χ1n) is 8.63. The molecule has 1 aromatic rings. The molecule has 0 atom stereocenters. The number of nitrogens with zero attached hydrogens (tertiary/aromatic N) is 2. The zero-order valence-electron chi connectivity index (χ0n) is 13.8. The minimum absolute atomic E-state index is 0.0372. The van der Waals surface area contributed by atoms with Gasteiger partial charge < -0.3 is 9.64 Å². The largest absolute Gasteiger partial charge is 0.375 e. The number of carbonyl (C=O) groups is 1. The molecule has 1 aromatic carbocycles. The molecule has 0 aromatic heterocycles. The Balaban J connectivity index is 1.65. The number of hydrogen-bond acceptors (Lipinski definition) is 4. The van der Waals surface area contributed by atoms with Gasteiger partial charge in [0.15, 0.2) is 5.78 Å². The Morgan fingerprint density at radius 3 is 2.43 bits per heavy atom. The maximum atomic E-state index is 11.6. The Labute approximate surface area is 138 Å². The molecule has 4 heteroatoms. The summed E-state index contributed by atoms with van der Waals surface area (Å²) < 4.78 is 6.21. The van der Waals surface area contributed by atoms with Crippen LogP contribution in [0, 0.1) is 11.3 Å². The van der Waals surface area contributed by atoms with Crippen molar-refractivity contribution >= 4 is 11.5 Å². The zero-order valence-corrected chi connectivity index (χ0v) is 13.8. The molecule has 1 aliphatic heterocycles. The molecule has 0 unspecified atom stereocenters. The summed E-state index contributed by atoms with van der Waals surface area (Å²) in [6.07, 6.45) is 7.80. The molecule has 4 nitrogen and oxygen atoms in total.